The van der Waals surface area contributed by atoms with Crippen molar-refractivity contribution in [2.45, 2.75) is 57.2 Å². The maximum absolute atomic E-state index is 10.4. The third-order valence-corrected chi connectivity index (χ3v) is 5.62. The number of carboxylic acids is 1. The number of hydroxylamine groups is 1. The molecular formula is C18H27NO5. The van der Waals surface area contributed by atoms with E-state index in [1.807, 2.05) is 12.2 Å². The predicted octanol–water partition coefficient (Wildman–Crippen LogP) is 1.74. The zero-order chi connectivity index (χ0) is 17.1. The first-order valence-corrected chi connectivity index (χ1v) is 8.92. The van der Waals surface area contributed by atoms with E-state index in [2.05, 4.69) is 5.48 Å². The third kappa shape index (κ3) is 3.82. The number of aliphatic carboxylic acids is 1. The lowest BCUT2D eigenvalue weighted by Gasteiger charge is -2.31. The summed E-state index contributed by atoms with van der Waals surface area (Å²) in [6, 6.07) is 0. The van der Waals surface area contributed by atoms with Crippen LogP contribution in [0.3, 0.4) is 0 Å². The number of aliphatic hydroxyl groups excluding tert-OH is 2. The topological polar surface area (TPSA) is 99.0 Å². The second-order valence-corrected chi connectivity index (χ2v) is 7.18. The molecule has 4 N–H and O–H groups in total. The van der Waals surface area contributed by atoms with Crippen molar-refractivity contribution < 1.29 is 25.0 Å². The van der Waals surface area contributed by atoms with Crippen molar-refractivity contribution in [3.8, 4) is 0 Å². The Morgan fingerprint density at radius 2 is 2.08 bits per heavy atom. The van der Waals surface area contributed by atoms with Gasteiger partial charge < -0.3 is 15.3 Å². The molecule has 3 aliphatic carbocycles. The van der Waals surface area contributed by atoms with E-state index in [9.17, 15) is 15.0 Å². The molecule has 6 nitrogen and oxygen atoms in total. The van der Waals surface area contributed by atoms with Crippen LogP contribution < -0.4 is 5.48 Å². The van der Waals surface area contributed by atoms with Crippen molar-refractivity contribution in [1.82, 2.24) is 5.48 Å². The minimum atomic E-state index is -0.886. The van der Waals surface area contributed by atoms with Gasteiger partial charge in [-0.05, 0) is 43.1 Å². The van der Waals surface area contributed by atoms with E-state index in [0.29, 0.717) is 18.3 Å². The van der Waals surface area contributed by atoms with Crippen molar-refractivity contribution in [2.75, 3.05) is 6.61 Å². The molecular weight excluding hydrogens is 310 g/mol. The van der Waals surface area contributed by atoms with Gasteiger partial charge in [0.1, 0.15) is 0 Å². The third-order valence-electron chi connectivity index (χ3n) is 5.62. The zero-order valence-corrected chi connectivity index (χ0v) is 13.9. The maximum atomic E-state index is 10.4. The molecule has 0 aromatic carbocycles. The number of aliphatic hydroxyl groups is 2. The van der Waals surface area contributed by atoms with Gasteiger partial charge in [-0.25, -0.2) is 0 Å². The molecule has 0 spiro atoms. The van der Waals surface area contributed by atoms with Crippen LogP contribution >= 0.6 is 0 Å². The summed E-state index contributed by atoms with van der Waals surface area (Å²) in [6.07, 6.45) is 9.02. The second-order valence-electron chi connectivity index (χ2n) is 7.18. The van der Waals surface area contributed by atoms with Gasteiger partial charge in [-0.15, -0.1) is 0 Å². The molecule has 24 heavy (non-hydrogen) atoms. The molecule has 0 amide bonds. The Kier molecular flexibility index (Phi) is 5.58. The second kappa shape index (κ2) is 7.68. The molecule has 3 unspecified atom stereocenters. The quantitative estimate of drug-likeness (QED) is 0.306. The van der Waals surface area contributed by atoms with Crippen LogP contribution in [0.15, 0.2) is 23.4 Å². The summed E-state index contributed by atoms with van der Waals surface area (Å²) in [6.45, 7) is 0.121. The van der Waals surface area contributed by atoms with Crippen molar-refractivity contribution in [3.63, 3.8) is 0 Å². The SMILES string of the molecule is O=C(O)CCONC1=C2CC(O)C(C=CC(O)C3CCCC3)[C@@H]2C1. The number of hydrogen-bond donors (Lipinski definition) is 4. The van der Waals surface area contributed by atoms with Crippen LogP contribution in [-0.2, 0) is 9.63 Å². The first kappa shape index (κ1) is 17.5. The summed E-state index contributed by atoms with van der Waals surface area (Å²) in [7, 11) is 0. The first-order chi connectivity index (χ1) is 11.6. The van der Waals surface area contributed by atoms with Gasteiger partial charge in [-0.3, -0.25) is 15.1 Å². The lowest BCUT2D eigenvalue weighted by Crippen LogP contribution is -2.30. The standard InChI is InChI=1S/C18H27NO5/c20-16(11-3-1-2-4-11)6-5-12-13-9-15(14(13)10-17(12)21)19-24-8-7-18(22)23/h5-6,11-13,16-17,19-21H,1-4,7-10H2,(H,22,23)/t12?,13-,16?,17?/m0/s1. The van der Waals surface area contributed by atoms with Gasteiger partial charge in [0.05, 0.1) is 25.2 Å². The Morgan fingerprint density at radius 3 is 2.79 bits per heavy atom. The van der Waals surface area contributed by atoms with E-state index in [4.69, 9.17) is 9.94 Å². The van der Waals surface area contributed by atoms with E-state index in [-0.39, 0.29) is 18.9 Å². The first-order valence-electron chi connectivity index (χ1n) is 8.92. The summed E-state index contributed by atoms with van der Waals surface area (Å²) in [4.78, 5) is 15.6. The number of hydrogen-bond acceptors (Lipinski definition) is 5. The lowest BCUT2D eigenvalue weighted by atomic mass is 9.78. The molecule has 3 aliphatic rings. The van der Waals surface area contributed by atoms with Gasteiger partial charge in [0.25, 0.3) is 0 Å². The monoisotopic (exact) mass is 337 g/mol. The molecule has 134 valence electrons. The Bertz CT molecular complexity index is 524. The number of nitrogens with one attached hydrogen (secondary N) is 1. The van der Waals surface area contributed by atoms with Crippen LogP contribution in [-0.4, -0.2) is 40.1 Å². The molecule has 2 fully saturated rings. The molecule has 0 saturated heterocycles. The summed E-state index contributed by atoms with van der Waals surface area (Å²) in [5.74, 6) is -0.155. The molecule has 0 radical (unpaired) electrons. The van der Waals surface area contributed by atoms with Crippen LogP contribution in [0.25, 0.3) is 0 Å². The minimum absolute atomic E-state index is 0.0356. The molecule has 2 saturated carbocycles. The van der Waals surface area contributed by atoms with Crippen LogP contribution in [0, 0.1) is 17.8 Å². The molecule has 0 bridgehead atoms. The average molecular weight is 337 g/mol. The molecule has 4 atom stereocenters. The van der Waals surface area contributed by atoms with Gasteiger partial charge >= 0.3 is 5.97 Å². The van der Waals surface area contributed by atoms with Gasteiger partial charge in [-0.1, -0.05) is 25.0 Å². The Morgan fingerprint density at radius 1 is 1.33 bits per heavy atom. The minimum Gasteiger partial charge on any atom is -0.481 e. The molecule has 0 heterocycles. The van der Waals surface area contributed by atoms with E-state index < -0.39 is 18.2 Å². The number of allylic oxidation sites excluding steroid dienone is 1. The Balaban J connectivity index is 1.50. The zero-order valence-electron chi connectivity index (χ0n) is 13.9. The Labute approximate surface area is 142 Å². The van der Waals surface area contributed by atoms with Gasteiger partial charge in [0.15, 0.2) is 0 Å². The highest BCUT2D eigenvalue weighted by atomic mass is 16.6. The van der Waals surface area contributed by atoms with Gasteiger partial charge in [0.2, 0.25) is 0 Å². The fourth-order valence-corrected chi connectivity index (χ4v) is 4.18. The van der Waals surface area contributed by atoms with Gasteiger partial charge in [-0.2, -0.15) is 0 Å². The lowest BCUT2D eigenvalue weighted by molar-refractivity contribution is -0.138. The van der Waals surface area contributed by atoms with Crippen molar-refractivity contribution in [1.29, 1.82) is 0 Å². The van der Waals surface area contributed by atoms with E-state index in [1.54, 1.807) is 0 Å². The van der Waals surface area contributed by atoms with Crippen molar-refractivity contribution in [2.24, 2.45) is 17.8 Å². The molecule has 0 aromatic rings. The molecule has 0 aliphatic heterocycles. The number of carbonyl (C=O) groups is 1. The van der Waals surface area contributed by atoms with Gasteiger partial charge in [0, 0.05) is 11.6 Å². The van der Waals surface area contributed by atoms with Crippen LogP contribution in [0.5, 0.6) is 0 Å². The molecule has 3 rings (SSSR count). The van der Waals surface area contributed by atoms with Crippen LogP contribution in [0.1, 0.15) is 44.9 Å². The van der Waals surface area contributed by atoms with E-state index in [1.165, 1.54) is 18.4 Å². The number of fused-ring (bicyclic) bond motifs is 1. The van der Waals surface area contributed by atoms with Crippen molar-refractivity contribution >= 4 is 5.97 Å². The van der Waals surface area contributed by atoms with E-state index in [0.717, 1.165) is 25.0 Å². The van der Waals surface area contributed by atoms with E-state index >= 15 is 0 Å². The average Bonchev–Trinajstić information content (AvgIpc) is 3.14. The highest BCUT2D eigenvalue weighted by molar-refractivity contribution is 5.66. The predicted molar refractivity (Wildman–Crippen MR) is 87.7 cm³/mol. The highest BCUT2D eigenvalue weighted by Gasteiger charge is 2.45. The Hall–Kier alpha value is -1.37. The summed E-state index contributed by atoms with van der Waals surface area (Å²) in [5, 5.41) is 29.1. The highest BCUT2D eigenvalue weighted by Crippen LogP contribution is 2.49. The van der Waals surface area contributed by atoms with Crippen LogP contribution in [0.4, 0.5) is 0 Å². The smallest absolute Gasteiger partial charge is 0.305 e. The summed E-state index contributed by atoms with van der Waals surface area (Å²) >= 11 is 0. The molecule has 6 heteroatoms. The van der Waals surface area contributed by atoms with Crippen molar-refractivity contribution in [3.05, 3.63) is 23.4 Å². The van der Waals surface area contributed by atoms with Crippen LogP contribution in [0.2, 0.25) is 0 Å². The fraction of sp³-hybridized carbons (Fsp3) is 0.722. The summed E-state index contributed by atoms with van der Waals surface area (Å²) in [5.41, 5.74) is 4.97. The summed E-state index contributed by atoms with van der Waals surface area (Å²) < 4.78 is 0. The number of carboxylic acid groups (broad SMARTS) is 1. The largest absolute Gasteiger partial charge is 0.481 e. The maximum Gasteiger partial charge on any atom is 0.305 e. The normalized spacial score (nSPS) is 31.3. The fourth-order valence-electron chi connectivity index (χ4n) is 4.18. The molecule has 0 aromatic heterocycles. The number of rotatable bonds is 8.